The zero-order valence-corrected chi connectivity index (χ0v) is 10.8. The Bertz CT molecular complexity index is 335. The van der Waals surface area contributed by atoms with Crippen LogP contribution in [-0.4, -0.2) is 30.9 Å². The molecule has 0 bridgehead atoms. The topological polar surface area (TPSA) is 53.1 Å². The molecule has 3 nitrogen and oxygen atoms in total. The zero-order chi connectivity index (χ0) is 12.7. The van der Waals surface area contributed by atoms with Crippen LogP contribution >= 0.6 is 0 Å². The lowest BCUT2D eigenvalue weighted by Gasteiger charge is -2.23. The summed E-state index contributed by atoms with van der Waals surface area (Å²) in [6, 6.07) is 10.1. The quantitative estimate of drug-likeness (QED) is 0.561. The first kappa shape index (κ1) is 13.7. The molecule has 17 heavy (non-hydrogen) atoms. The minimum absolute atomic E-state index is 0.0121. The van der Waals surface area contributed by atoms with Crippen LogP contribution in [0.2, 0.25) is 0 Å². The number of benzene rings is 1. The summed E-state index contributed by atoms with van der Waals surface area (Å²) in [5, 5.41) is 7.71. The van der Waals surface area contributed by atoms with Gasteiger partial charge in [-0.15, -0.1) is 0 Å². The van der Waals surface area contributed by atoms with E-state index in [0.29, 0.717) is 0 Å². The molecule has 0 aliphatic heterocycles. The van der Waals surface area contributed by atoms with E-state index in [1.54, 1.807) is 0 Å². The average Bonchev–Trinajstić information content (AvgIpc) is 2.34. The molecule has 1 atom stereocenters. The number of rotatable bonds is 7. The molecule has 0 aliphatic rings. The number of likely N-dealkylation sites (N-methyl/N-ethyl adjacent to an activating group) is 1. The molecule has 0 radical (unpaired) electrons. The van der Waals surface area contributed by atoms with Crippen molar-refractivity contribution in [3.63, 3.8) is 0 Å². The van der Waals surface area contributed by atoms with E-state index < -0.39 is 0 Å². The number of hydrogen-bond donors (Lipinski definition) is 2. The Morgan fingerprint density at radius 1 is 1.35 bits per heavy atom. The molecule has 0 aliphatic carbocycles. The van der Waals surface area contributed by atoms with Gasteiger partial charge in [-0.25, -0.2) is 0 Å². The predicted octanol–water partition coefficient (Wildman–Crippen LogP) is 2.44. The van der Waals surface area contributed by atoms with Crippen molar-refractivity contribution >= 4 is 5.84 Å². The molecule has 1 rings (SSSR count). The number of amidine groups is 1. The van der Waals surface area contributed by atoms with Crippen molar-refractivity contribution in [1.29, 1.82) is 5.41 Å². The normalized spacial score (nSPS) is 12.6. The Morgan fingerprint density at radius 3 is 2.53 bits per heavy atom. The highest BCUT2D eigenvalue weighted by molar-refractivity contribution is 5.84. The fourth-order valence-corrected chi connectivity index (χ4v) is 1.90. The molecular formula is C14H23N3. The van der Waals surface area contributed by atoms with Gasteiger partial charge in [0.15, 0.2) is 0 Å². The Morgan fingerprint density at radius 2 is 2.00 bits per heavy atom. The van der Waals surface area contributed by atoms with E-state index in [4.69, 9.17) is 11.1 Å². The molecule has 3 N–H and O–H groups in total. The highest BCUT2D eigenvalue weighted by Crippen LogP contribution is 2.16. The van der Waals surface area contributed by atoms with Crippen LogP contribution in [0.1, 0.15) is 31.2 Å². The summed E-state index contributed by atoms with van der Waals surface area (Å²) in [4.78, 5) is 2.25. The summed E-state index contributed by atoms with van der Waals surface area (Å²) in [5.74, 6) is 0.262. The molecule has 3 heteroatoms. The van der Waals surface area contributed by atoms with Crippen molar-refractivity contribution in [2.45, 2.75) is 25.7 Å². The molecule has 0 aromatic heterocycles. The zero-order valence-electron chi connectivity index (χ0n) is 10.8. The Kier molecular flexibility index (Phi) is 5.70. The van der Waals surface area contributed by atoms with E-state index in [2.05, 4.69) is 18.9 Å². The van der Waals surface area contributed by atoms with E-state index in [9.17, 15) is 0 Å². The van der Waals surface area contributed by atoms with Crippen LogP contribution in [-0.2, 0) is 0 Å². The molecule has 0 saturated heterocycles. The van der Waals surface area contributed by atoms with Gasteiger partial charge in [0.25, 0.3) is 0 Å². The average molecular weight is 233 g/mol. The van der Waals surface area contributed by atoms with E-state index in [-0.39, 0.29) is 11.8 Å². The summed E-state index contributed by atoms with van der Waals surface area (Å²) >= 11 is 0. The van der Waals surface area contributed by atoms with Gasteiger partial charge in [0.2, 0.25) is 0 Å². The molecule has 1 unspecified atom stereocenters. The fraction of sp³-hybridized carbons (Fsp3) is 0.500. The molecule has 0 fully saturated rings. The molecule has 94 valence electrons. The van der Waals surface area contributed by atoms with Crippen LogP contribution in [0.25, 0.3) is 0 Å². The van der Waals surface area contributed by atoms with Gasteiger partial charge < -0.3 is 10.6 Å². The van der Waals surface area contributed by atoms with Gasteiger partial charge in [0.1, 0.15) is 0 Å². The number of nitrogens with zero attached hydrogens (tertiary/aromatic N) is 1. The van der Waals surface area contributed by atoms with Gasteiger partial charge in [-0.1, -0.05) is 43.7 Å². The number of hydrogen-bond acceptors (Lipinski definition) is 2. The van der Waals surface area contributed by atoms with E-state index in [1.165, 1.54) is 12.8 Å². The van der Waals surface area contributed by atoms with Gasteiger partial charge in [-0.2, -0.15) is 0 Å². The third-order valence-corrected chi connectivity index (χ3v) is 2.96. The smallest absolute Gasteiger partial charge is 0.0995 e. The molecule has 1 aromatic rings. The molecular weight excluding hydrogens is 210 g/mol. The second-order valence-corrected chi connectivity index (χ2v) is 4.53. The third kappa shape index (κ3) is 4.57. The van der Waals surface area contributed by atoms with E-state index in [1.807, 2.05) is 30.3 Å². The van der Waals surface area contributed by atoms with E-state index >= 15 is 0 Å². The van der Waals surface area contributed by atoms with Crippen LogP contribution in [0.4, 0.5) is 0 Å². The monoisotopic (exact) mass is 233 g/mol. The van der Waals surface area contributed by atoms with Crippen molar-refractivity contribution in [1.82, 2.24) is 4.90 Å². The highest BCUT2D eigenvalue weighted by atomic mass is 15.1. The van der Waals surface area contributed by atoms with Crippen molar-refractivity contribution < 1.29 is 0 Å². The summed E-state index contributed by atoms with van der Waals surface area (Å²) in [5.41, 5.74) is 6.83. The first-order valence-corrected chi connectivity index (χ1v) is 6.22. The van der Waals surface area contributed by atoms with Gasteiger partial charge in [-0.05, 0) is 25.6 Å². The molecule has 0 amide bonds. The predicted molar refractivity (Wildman–Crippen MR) is 73.5 cm³/mol. The molecule has 0 heterocycles. The summed E-state index contributed by atoms with van der Waals surface area (Å²) in [6.45, 7) is 4.07. The maximum Gasteiger partial charge on any atom is 0.0995 e. The lowest BCUT2D eigenvalue weighted by Crippen LogP contribution is -2.32. The van der Waals surface area contributed by atoms with Crippen LogP contribution < -0.4 is 5.73 Å². The largest absolute Gasteiger partial charge is 0.387 e. The second kappa shape index (κ2) is 7.07. The van der Waals surface area contributed by atoms with E-state index in [0.717, 1.165) is 18.7 Å². The van der Waals surface area contributed by atoms with Crippen molar-refractivity contribution in [2.75, 3.05) is 20.1 Å². The number of nitrogens with one attached hydrogen (secondary N) is 1. The lowest BCUT2D eigenvalue weighted by molar-refractivity contribution is 0.324. The number of nitrogens with two attached hydrogens (primary N) is 1. The Hall–Kier alpha value is -1.35. The van der Waals surface area contributed by atoms with Crippen LogP contribution in [0, 0.1) is 5.41 Å². The summed E-state index contributed by atoms with van der Waals surface area (Å²) in [7, 11) is 2.09. The minimum atomic E-state index is 0.0121. The van der Waals surface area contributed by atoms with Crippen LogP contribution in [0.5, 0.6) is 0 Å². The molecule has 0 saturated carbocycles. The Labute approximate surface area is 104 Å². The van der Waals surface area contributed by atoms with Gasteiger partial charge in [0, 0.05) is 6.54 Å². The second-order valence-electron chi connectivity index (χ2n) is 4.53. The first-order chi connectivity index (χ1) is 8.15. The first-order valence-electron chi connectivity index (χ1n) is 6.22. The van der Waals surface area contributed by atoms with Crippen molar-refractivity contribution in [3.8, 4) is 0 Å². The summed E-state index contributed by atoms with van der Waals surface area (Å²) in [6.07, 6.45) is 2.39. The highest BCUT2D eigenvalue weighted by Gasteiger charge is 2.16. The molecule has 1 aromatic carbocycles. The maximum atomic E-state index is 7.71. The van der Waals surface area contributed by atoms with Crippen LogP contribution in [0.3, 0.4) is 0 Å². The fourth-order valence-electron chi connectivity index (χ4n) is 1.90. The number of unbranched alkanes of at least 4 members (excludes halogenated alkanes) is 1. The van der Waals surface area contributed by atoms with Gasteiger partial charge in [0.05, 0.1) is 11.8 Å². The van der Waals surface area contributed by atoms with Gasteiger partial charge in [-0.3, -0.25) is 5.41 Å². The SMILES string of the molecule is CCCCN(C)CC(C(=N)N)c1ccccc1. The summed E-state index contributed by atoms with van der Waals surface area (Å²) < 4.78 is 0. The third-order valence-electron chi connectivity index (χ3n) is 2.96. The van der Waals surface area contributed by atoms with Crippen molar-refractivity contribution in [3.05, 3.63) is 35.9 Å². The maximum absolute atomic E-state index is 7.71. The van der Waals surface area contributed by atoms with Crippen LogP contribution in [0.15, 0.2) is 30.3 Å². The Balaban J connectivity index is 2.65. The minimum Gasteiger partial charge on any atom is -0.387 e. The molecule has 0 spiro atoms. The lowest BCUT2D eigenvalue weighted by atomic mass is 9.97. The van der Waals surface area contributed by atoms with Gasteiger partial charge >= 0.3 is 0 Å². The standard InChI is InChI=1S/C14H23N3/c1-3-4-10-17(2)11-13(14(15)16)12-8-6-5-7-9-12/h5-9,13H,3-4,10-11H2,1-2H3,(H3,15,16). The van der Waals surface area contributed by atoms with Crippen molar-refractivity contribution in [2.24, 2.45) is 5.73 Å².